The standard InChI is InChI=1S/C23H18N2O2/c24-14-17-6-7-19-13-20(9-8-18(19)12-17)22-21(10-11-25-23(22)26)27-15-16-4-2-1-3-5-16/h1-7,10-13H,8-9,15H2,(H,25,26). The Kier molecular flexibility index (Phi) is 4.59. The van der Waals surface area contributed by atoms with Crippen LogP contribution >= 0.6 is 0 Å². The van der Waals surface area contributed by atoms with Crippen molar-refractivity contribution in [2.45, 2.75) is 19.4 Å². The lowest BCUT2D eigenvalue weighted by atomic mass is 9.88. The zero-order valence-electron chi connectivity index (χ0n) is 14.7. The van der Waals surface area contributed by atoms with Gasteiger partial charge in [-0.1, -0.05) is 42.5 Å². The lowest BCUT2D eigenvalue weighted by Gasteiger charge is -2.18. The molecule has 4 nitrogen and oxygen atoms in total. The van der Waals surface area contributed by atoms with Gasteiger partial charge < -0.3 is 9.72 Å². The zero-order valence-corrected chi connectivity index (χ0v) is 14.7. The van der Waals surface area contributed by atoms with Gasteiger partial charge in [-0.25, -0.2) is 0 Å². The van der Waals surface area contributed by atoms with Gasteiger partial charge in [0.05, 0.1) is 17.2 Å². The highest BCUT2D eigenvalue weighted by Crippen LogP contribution is 2.33. The van der Waals surface area contributed by atoms with E-state index in [1.54, 1.807) is 18.3 Å². The molecule has 4 rings (SSSR count). The summed E-state index contributed by atoms with van der Waals surface area (Å²) < 4.78 is 5.98. The van der Waals surface area contributed by atoms with Crippen molar-refractivity contribution in [1.29, 1.82) is 5.26 Å². The number of allylic oxidation sites excluding steroid dienone is 1. The van der Waals surface area contributed by atoms with Gasteiger partial charge in [-0.2, -0.15) is 5.26 Å². The maximum atomic E-state index is 12.5. The van der Waals surface area contributed by atoms with Crippen LogP contribution in [0.25, 0.3) is 11.6 Å². The zero-order chi connectivity index (χ0) is 18.6. The van der Waals surface area contributed by atoms with Crippen LogP contribution in [0.4, 0.5) is 0 Å². The first-order chi connectivity index (χ1) is 13.2. The summed E-state index contributed by atoms with van der Waals surface area (Å²) in [6, 6.07) is 19.5. The Hall–Kier alpha value is -3.58. The minimum Gasteiger partial charge on any atom is -0.488 e. The van der Waals surface area contributed by atoms with E-state index < -0.39 is 0 Å². The molecular formula is C23H18N2O2. The number of H-pyrrole nitrogens is 1. The van der Waals surface area contributed by atoms with Crippen molar-refractivity contribution in [1.82, 2.24) is 4.98 Å². The maximum Gasteiger partial charge on any atom is 0.259 e. The third-order valence-corrected chi connectivity index (χ3v) is 4.75. The number of ether oxygens (including phenoxy) is 1. The number of pyridine rings is 1. The molecule has 132 valence electrons. The molecule has 0 unspecified atom stereocenters. The maximum absolute atomic E-state index is 12.5. The predicted octanol–water partition coefficient (Wildman–Crippen LogP) is 4.31. The second-order valence-electron chi connectivity index (χ2n) is 6.52. The molecule has 1 aliphatic carbocycles. The first-order valence-electron chi connectivity index (χ1n) is 8.87. The normalized spacial score (nSPS) is 12.6. The summed E-state index contributed by atoms with van der Waals surface area (Å²) in [6.07, 6.45) is 5.17. The minimum atomic E-state index is -0.149. The van der Waals surface area contributed by atoms with Crippen LogP contribution in [0.5, 0.6) is 5.75 Å². The second kappa shape index (κ2) is 7.35. The summed E-state index contributed by atoms with van der Waals surface area (Å²) >= 11 is 0. The van der Waals surface area contributed by atoms with E-state index in [0.29, 0.717) is 23.5 Å². The number of aromatic amines is 1. The summed E-state index contributed by atoms with van der Waals surface area (Å²) in [6.45, 7) is 0.409. The Labute approximate surface area is 157 Å². The van der Waals surface area contributed by atoms with Gasteiger partial charge >= 0.3 is 0 Å². The molecule has 2 aromatic carbocycles. The quantitative estimate of drug-likeness (QED) is 0.759. The summed E-state index contributed by atoms with van der Waals surface area (Å²) in [4.78, 5) is 15.3. The number of hydrogen-bond acceptors (Lipinski definition) is 3. The Morgan fingerprint density at radius 3 is 2.74 bits per heavy atom. The average molecular weight is 354 g/mol. The van der Waals surface area contributed by atoms with E-state index in [1.165, 1.54) is 0 Å². The Morgan fingerprint density at radius 1 is 1.07 bits per heavy atom. The van der Waals surface area contributed by atoms with Crippen LogP contribution in [-0.4, -0.2) is 4.98 Å². The Bertz CT molecular complexity index is 1110. The molecule has 0 saturated carbocycles. The van der Waals surface area contributed by atoms with Crippen molar-refractivity contribution in [3.8, 4) is 11.8 Å². The number of hydrogen-bond donors (Lipinski definition) is 1. The number of rotatable bonds is 4. The van der Waals surface area contributed by atoms with Gasteiger partial charge in [-0.15, -0.1) is 0 Å². The van der Waals surface area contributed by atoms with Gasteiger partial charge in [0.2, 0.25) is 0 Å². The highest BCUT2D eigenvalue weighted by molar-refractivity contribution is 5.86. The molecule has 1 N–H and O–H groups in total. The van der Waals surface area contributed by atoms with Crippen molar-refractivity contribution in [3.63, 3.8) is 0 Å². The summed E-state index contributed by atoms with van der Waals surface area (Å²) in [5, 5.41) is 9.07. The summed E-state index contributed by atoms with van der Waals surface area (Å²) in [5.74, 6) is 0.589. The molecule has 0 aliphatic heterocycles. The number of nitriles is 1. The SMILES string of the molecule is N#Cc1ccc2c(c1)CCC(c1c(OCc3ccccc3)cc[nH]c1=O)=C2. The largest absolute Gasteiger partial charge is 0.488 e. The predicted molar refractivity (Wildman–Crippen MR) is 105 cm³/mol. The number of aromatic nitrogens is 1. The molecule has 1 aromatic heterocycles. The highest BCUT2D eigenvalue weighted by Gasteiger charge is 2.18. The Morgan fingerprint density at radius 2 is 1.93 bits per heavy atom. The third-order valence-electron chi connectivity index (χ3n) is 4.75. The van der Waals surface area contributed by atoms with Gasteiger partial charge in [0, 0.05) is 6.20 Å². The van der Waals surface area contributed by atoms with Crippen molar-refractivity contribution >= 4 is 11.6 Å². The van der Waals surface area contributed by atoms with Crippen LogP contribution in [0.1, 0.15) is 34.2 Å². The molecule has 0 amide bonds. The van der Waals surface area contributed by atoms with Crippen molar-refractivity contribution < 1.29 is 4.74 Å². The molecule has 0 radical (unpaired) electrons. The van der Waals surface area contributed by atoms with Gasteiger partial charge in [0.1, 0.15) is 12.4 Å². The fourth-order valence-electron chi connectivity index (χ4n) is 3.38. The second-order valence-corrected chi connectivity index (χ2v) is 6.52. The fraction of sp³-hybridized carbons (Fsp3) is 0.130. The molecular weight excluding hydrogens is 336 g/mol. The van der Waals surface area contributed by atoms with Crippen LogP contribution in [0.2, 0.25) is 0 Å². The fourth-order valence-corrected chi connectivity index (χ4v) is 3.38. The van der Waals surface area contributed by atoms with Crippen LogP contribution in [-0.2, 0) is 13.0 Å². The number of aryl methyl sites for hydroxylation is 1. The van der Waals surface area contributed by atoms with Gasteiger partial charge in [0.15, 0.2) is 0 Å². The molecule has 1 heterocycles. The van der Waals surface area contributed by atoms with Crippen molar-refractivity contribution in [3.05, 3.63) is 99.0 Å². The molecule has 3 aromatic rings. The monoisotopic (exact) mass is 354 g/mol. The molecule has 4 heteroatoms. The van der Waals surface area contributed by atoms with E-state index in [0.717, 1.165) is 35.1 Å². The van der Waals surface area contributed by atoms with E-state index in [2.05, 4.69) is 11.1 Å². The first-order valence-corrected chi connectivity index (χ1v) is 8.87. The van der Waals surface area contributed by atoms with Gasteiger partial charge in [0.25, 0.3) is 5.56 Å². The summed E-state index contributed by atoms with van der Waals surface area (Å²) in [5.41, 5.74) is 5.29. The number of nitrogens with zero attached hydrogens (tertiary/aromatic N) is 1. The third kappa shape index (κ3) is 3.54. The van der Waals surface area contributed by atoms with E-state index in [-0.39, 0.29) is 5.56 Å². The lowest BCUT2D eigenvalue weighted by molar-refractivity contribution is 0.304. The summed E-state index contributed by atoms with van der Waals surface area (Å²) in [7, 11) is 0. The van der Waals surface area contributed by atoms with Gasteiger partial charge in [-0.3, -0.25) is 4.79 Å². The topological polar surface area (TPSA) is 65.9 Å². The average Bonchev–Trinajstić information content (AvgIpc) is 2.72. The first kappa shape index (κ1) is 16.9. The van der Waals surface area contributed by atoms with Crippen molar-refractivity contribution in [2.24, 2.45) is 0 Å². The molecule has 0 fully saturated rings. The van der Waals surface area contributed by atoms with Crippen LogP contribution in [0.15, 0.2) is 65.6 Å². The van der Waals surface area contributed by atoms with Gasteiger partial charge in [-0.05, 0) is 53.3 Å². The van der Waals surface area contributed by atoms with Crippen molar-refractivity contribution in [2.75, 3.05) is 0 Å². The van der Waals surface area contributed by atoms with Crippen LogP contribution in [0, 0.1) is 11.3 Å². The molecule has 1 aliphatic rings. The van der Waals surface area contributed by atoms with E-state index in [1.807, 2.05) is 48.5 Å². The van der Waals surface area contributed by atoms with E-state index in [9.17, 15) is 4.79 Å². The molecule has 0 saturated heterocycles. The molecule has 0 bridgehead atoms. The van der Waals surface area contributed by atoms with Crippen LogP contribution < -0.4 is 10.3 Å². The van der Waals surface area contributed by atoms with Crippen LogP contribution in [0.3, 0.4) is 0 Å². The highest BCUT2D eigenvalue weighted by atomic mass is 16.5. The number of nitrogens with one attached hydrogen (secondary N) is 1. The molecule has 27 heavy (non-hydrogen) atoms. The van der Waals surface area contributed by atoms with E-state index in [4.69, 9.17) is 10.00 Å². The minimum absolute atomic E-state index is 0.149. The molecule has 0 spiro atoms. The molecule has 0 atom stereocenters. The Balaban J connectivity index is 1.68. The number of fused-ring (bicyclic) bond motifs is 1. The lowest BCUT2D eigenvalue weighted by Crippen LogP contribution is -2.15. The number of benzene rings is 2. The smallest absolute Gasteiger partial charge is 0.259 e. The van der Waals surface area contributed by atoms with E-state index >= 15 is 0 Å².